The van der Waals surface area contributed by atoms with Crippen molar-refractivity contribution in [3.05, 3.63) is 59.9 Å². The van der Waals surface area contributed by atoms with E-state index in [1.54, 1.807) is 0 Å². The molecule has 1 aromatic heterocycles. The lowest BCUT2D eigenvalue weighted by atomic mass is 10.1. The Bertz CT molecular complexity index is 488. The van der Waals surface area contributed by atoms with Crippen molar-refractivity contribution in [3.8, 4) is 0 Å². The Labute approximate surface area is 115 Å². The van der Waals surface area contributed by atoms with Crippen LogP contribution in [0, 0.1) is 0 Å². The Morgan fingerprint density at radius 1 is 1.11 bits per heavy atom. The first-order valence-corrected chi connectivity index (χ1v) is 6.71. The van der Waals surface area contributed by atoms with E-state index in [1.165, 1.54) is 11.3 Å². The van der Waals surface area contributed by atoms with Crippen molar-refractivity contribution >= 4 is 0 Å². The smallest absolute Gasteiger partial charge is 0.0466 e. The second-order valence-corrected chi connectivity index (χ2v) is 5.13. The van der Waals surface area contributed by atoms with Crippen LogP contribution in [0.25, 0.3) is 0 Å². The Balaban J connectivity index is 1.93. The van der Waals surface area contributed by atoms with E-state index in [4.69, 9.17) is 0 Å². The molecule has 0 aliphatic carbocycles. The molecule has 2 rings (SSSR count). The van der Waals surface area contributed by atoms with Crippen molar-refractivity contribution in [1.82, 2.24) is 14.8 Å². The summed E-state index contributed by atoms with van der Waals surface area (Å²) in [4.78, 5) is 2.26. The van der Waals surface area contributed by atoms with Gasteiger partial charge < -0.3 is 14.8 Å². The highest BCUT2D eigenvalue weighted by atomic mass is 15.1. The fourth-order valence-electron chi connectivity index (χ4n) is 2.29. The molecular formula is C16H23N3. The zero-order valence-electron chi connectivity index (χ0n) is 12.0. The van der Waals surface area contributed by atoms with E-state index < -0.39 is 0 Å². The van der Waals surface area contributed by atoms with Gasteiger partial charge in [0.15, 0.2) is 0 Å². The zero-order chi connectivity index (χ0) is 13.7. The van der Waals surface area contributed by atoms with Gasteiger partial charge in [-0.15, -0.1) is 0 Å². The Morgan fingerprint density at radius 2 is 1.84 bits per heavy atom. The number of aromatic nitrogens is 1. The molecule has 1 atom stereocenters. The molecule has 0 fully saturated rings. The second kappa shape index (κ2) is 6.55. The molecule has 0 saturated heterocycles. The summed E-state index contributed by atoms with van der Waals surface area (Å²) >= 11 is 0. The lowest BCUT2D eigenvalue weighted by molar-refractivity contribution is 0.288. The molecule has 1 N–H and O–H groups in total. The predicted molar refractivity (Wildman–Crippen MR) is 80.0 cm³/mol. The van der Waals surface area contributed by atoms with E-state index in [0.29, 0.717) is 6.04 Å². The van der Waals surface area contributed by atoms with Gasteiger partial charge in [0.25, 0.3) is 0 Å². The van der Waals surface area contributed by atoms with Crippen molar-refractivity contribution in [1.29, 1.82) is 0 Å². The molecule has 0 amide bonds. The van der Waals surface area contributed by atoms with Crippen LogP contribution < -0.4 is 5.32 Å². The molecule has 1 unspecified atom stereocenters. The fourth-order valence-corrected chi connectivity index (χ4v) is 2.29. The predicted octanol–water partition coefficient (Wildman–Crippen LogP) is 2.42. The largest absolute Gasteiger partial charge is 0.353 e. The first kappa shape index (κ1) is 13.8. The third-order valence-corrected chi connectivity index (χ3v) is 3.50. The SMILES string of the molecule is CN(C)C(CNCc1cccn1C)c1ccccc1. The van der Waals surface area contributed by atoms with E-state index >= 15 is 0 Å². The average molecular weight is 257 g/mol. The van der Waals surface area contributed by atoms with Gasteiger partial charge >= 0.3 is 0 Å². The van der Waals surface area contributed by atoms with E-state index in [1.807, 2.05) is 0 Å². The van der Waals surface area contributed by atoms with Crippen LogP contribution in [-0.2, 0) is 13.6 Å². The van der Waals surface area contributed by atoms with Gasteiger partial charge in [-0.2, -0.15) is 0 Å². The van der Waals surface area contributed by atoms with Crippen LogP contribution in [-0.4, -0.2) is 30.1 Å². The van der Waals surface area contributed by atoms with Gasteiger partial charge in [-0.05, 0) is 31.8 Å². The first-order valence-electron chi connectivity index (χ1n) is 6.71. The average Bonchev–Trinajstić information content (AvgIpc) is 2.81. The van der Waals surface area contributed by atoms with Crippen molar-refractivity contribution in [2.45, 2.75) is 12.6 Å². The van der Waals surface area contributed by atoms with Gasteiger partial charge in [-0.3, -0.25) is 0 Å². The van der Waals surface area contributed by atoms with E-state index in [-0.39, 0.29) is 0 Å². The van der Waals surface area contributed by atoms with Crippen molar-refractivity contribution in [3.63, 3.8) is 0 Å². The van der Waals surface area contributed by atoms with Gasteiger partial charge in [0.1, 0.15) is 0 Å². The molecule has 0 aliphatic rings. The summed E-state index contributed by atoms with van der Waals surface area (Å²) in [6, 6.07) is 15.3. The minimum absolute atomic E-state index is 0.404. The number of nitrogens with one attached hydrogen (secondary N) is 1. The normalized spacial score (nSPS) is 12.8. The molecule has 1 aromatic carbocycles. The Hall–Kier alpha value is -1.58. The molecule has 1 heterocycles. The van der Waals surface area contributed by atoms with Gasteiger partial charge in [0.05, 0.1) is 0 Å². The molecule has 0 bridgehead atoms. The maximum atomic E-state index is 3.55. The molecule has 0 radical (unpaired) electrons. The van der Waals surface area contributed by atoms with Crippen LogP contribution >= 0.6 is 0 Å². The molecule has 2 aromatic rings. The zero-order valence-corrected chi connectivity index (χ0v) is 12.0. The van der Waals surface area contributed by atoms with Crippen LogP contribution in [0.4, 0.5) is 0 Å². The molecule has 3 heteroatoms. The molecule has 19 heavy (non-hydrogen) atoms. The summed E-state index contributed by atoms with van der Waals surface area (Å²) in [7, 11) is 6.33. The van der Waals surface area contributed by atoms with Gasteiger partial charge in [-0.1, -0.05) is 30.3 Å². The van der Waals surface area contributed by atoms with Crippen LogP contribution in [0.5, 0.6) is 0 Å². The highest BCUT2D eigenvalue weighted by Crippen LogP contribution is 2.16. The summed E-state index contributed by atoms with van der Waals surface area (Å²) in [6.07, 6.45) is 2.08. The maximum absolute atomic E-state index is 3.55. The summed E-state index contributed by atoms with van der Waals surface area (Å²) in [5.41, 5.74) is 2.66. The maximum Gasteiger partial charge on any atom is 0.0466 e. The van der Waals surface area contributed by atoms with Crippen LogP contribution in [0.3, 0.4) is 0 Å². The monoisotopic (exact) mass is 257 g/mol. The van der Waals surface area contributed by atoms with Crippen molar-refractivity contribution in [2.75, 3.05) is 20.6 Å². The van der Waals surface area contributed by atoms with Gasteiger partial charge in [0, 0.05) is 38.1 Å². The van der Waals surface area contributed by atoms with Crippen LogP contribution in [0.15, 0.2) is 48.7 Å². The topological polar surface area (TPSA) is 20.2 Å². The second-order valence-electron chi connectivity index (χ2n) is 5.13. The van der Waals surface area contributed by atoms with Crippen molar-refractivity contribution in [2.24, 2.45) is 7.05 Å². The van der Waals surface area contributed by atoms with Crippen LogP contribution in [0.2, 0.25) is 0 Å². The Kier molecular flexibility index (Phi) is 4.77. The highest BCUT2D eigenvalue weighted by molar-refractivity contribution is 5.19. The number of likely N-dealkylation sites (N-methyl/N-ethyl adjacent to an activating group) is 1. The van der Waals surface area contributed by atoms with E-state index in [9.17, 15) is 0 Å². The standard InChI is InChI=1S/C16H23N3/c1-18(2)16(14-8-5-4-6-9-14)13-17-12-15-10-7-11-19(15)3/h4-11,16-17H,12-13H2,1-3H3. The third kappa shape index (κ3) is 3.69. The van der Waals surface area contributed by atoms with Gasteiger partial charge in [0.2, 0.25) is 0 Å². The molecule has 3 nitrogen and oxygen atoms in total. The number of hydrogen-bond acceptors (Lipinski definition) is 2. The lowest BCUT2D eigenvalue weighted by Gasteiger charge is -2.25. The first-order chi connectivity index (χ1) is 9.18. The van der Waals surface area contributed by atoms with Crippen LogP contribution in [0.1, 0.15) is 17.3 Å². The quantitative estimate of drug-likeness (QED) is 0.857. The molecule has 0 saturated carbocycles. The summed E-state index contributed by atoms with van der Waals surface area (Å²) in [5.74, 6) is 0. The third-order valence-electron chi connectivity index (χ3n) is 3.50. The molecule has 0 aliphatic heterocycles. The number of nitrogens with zero attached hydrogens (tertiary/aromatic N) is 2. The number of aryl methyl sites for hydroxylation is 1. The lowest BCUT2D eigenvalue weighted by Crippen LogP contribution is -2.31. The minimum Gasteiger partial charge on any atom is -0.353 e. The summed E-state index contributed by atoms with van der Waals surface area (Å²) in [5, 5.41) is 3.55. The minimum atomic E-state index is 0.404. The summed E-state index contributed by atoms with van der Waals surface area (Å²) < 4.78 is 2.15. The highest BCUT2D eigenvalue weighted by Gasteiger charge is 2.13. The van der Waals surface area contributed by atoms with E-state index in [2.05, 4.69) is 84.6 Å². The summed E-state index contributed by atoms with van der Waals surface area (Å²) in [6.45, 7) is 1.85. The van der Waals surface area contributed by atoms with Gasteiger partial charge in [-0.25, -0.2) is 0 Å². The Morgan fingerprint density at radius 3 is 2.42 bits per heavy atom. The van der Waals surface area contributed by atoms with E-state index in [0.717, 1.165) is 13.1 Å². The molecule has 0 spiro atoms. The number of hydrogen-bond donors (Lipinski definition) is 1. The fraction of sp³-hybridized carbons (Fsp3) is 0.375. The number of benzene rings is 1. The number of rotatable bonds is 6. The molecule has 102 valence electrons. The molecular weight excluding hydrogens is 234 g/mol. The van der Waals surface area contributed by atoms with Crippen molar-refractivity contribution < 1.29 is 0 Å².